The minimum atomic E-state index is -0.906. The molecule has 2 unspecified atom stereocenters. The number of pyridine rings is 1. The van der Waals surface area contributed by atoms with Crippen LogP contribution in [0.5, 0.6) is 0 Å². The van der Waals surface area contributed by atoms with Gasteiger partial charge in [-0.3, -0.25) is 0 Å². The monoisotopic (exact) mass is 353 g/mol. The summed E-state index contributed by atoms with van der Waals surface area (Å²) in [6.45, 7) is 0. The van der Waals surface area contributed by atoms with Gasteiger partial charge in [0.25, 0.3) is 0 Å². The van der Waals surface area contributed by atoms with E-state index < -0.39 is 6.09 Å². The van der Waals surface area contributed by atoms with Crippen molar-refractivity contribution < 1.29 is 9.90 Å². The third-order valence-corrected chi connectivity index (χ3v) is 4.94. The van der Waals surface area contributed by atoms with E-state index in [-0.39, 0.29) is 6.04 Å². The van der Waals surface area contributed by atoms with Crippen molar-refractivity contribution in [1.82, 2.24) is 15.6 Å². The van der Waals surface area contributed by atoms with Gasteiger partial charge in [0.15, 0.2) is 0 Å². The summed E-state index contributed by atoms with van der Waals surface area (Å²) in [7, 11) is 0. The maximum absolute atomic E-state index is 10.6. The molecule has 0 aliphatic heterocycles. The van der Waals surface area contributed by atoms with Crippen molar-refractivity contribution in [1.29, 1.82) is 0 Å². The van der Waals surface area contributed by atoms with Gasteiger partial charge in [-0.05, 0) is 59.7 Å². The lowest BCUT2D eigenvalue weighted by molar-refractivity contribution is 0.183. The highest BCUT2D eigenvalue weighted by molar-refractivity contribution is 9.10. The summed E-state index contributed by atoms with van der Waals surface area (Å²) in [6.07, 6.45) is 6.18. The van der Waals surface area contributed by atoms with E-state index in [1.54, 1.807) is 0 Å². The standard InChI is InChI=1S/C15H20BrN3O2/c16-14-6-1-9(8-17-14)12-7-13(12)18-10-2-4-11(5-3-10)19-15(20)21/h1,6,8,10-13,18-19H,2-5,7H2,(H,20,21). The molecule has 21 heavy (non-hydrogen) atoms. The second kappa shape index (κ2) is 6.32. The average Bonchev–Trinajstić information content (AvgIpc) is 3.20. The van der Waals surface area contributed by atoms with Gasteiger partial charge in [0.05, 0.1) is 0 Å². The number of carboxylic acid groups (broad SMARTS) is 1. The van der Waals surface area contributed by atoms with E-state index in [2.05, 4.69) is 37.6 Å². The highest BCUT2D eigenvalue weighted by atomic mass is 79.9. The normalized spacial score (nSPS) is 31.7. The minimum Gasteiger partial charge on any atom is -0.465 e. The molecule has 6 heteroatoms. The first-order valence-corrected chi connectivity index (χ1v) is 8.28. The average molecular weight is 354 g/mol. The van der Waals surface area contributed by atoms with Crippen LogP contribution in [-0.4, -0.2) is 34.3 Å². The molecule has 1 aromatic heterocycles. The Morgan fingerprint density at radius 1 is 1.24 bits per heavy atom. The molecule has 2 saturated carbocycles. The molecule has 2 fully saturated rings. The van der Waals surface area contributed by atoms with Crippen molar-refractivity contribution in [3.63, 3.8) is 0 Å². The number of rotatable bonds is 4. The van der Waals surface area contributed by atoms with Gasteiger partial charge in [-0.25, -0.2) is 9.78 Å². The van der Waals surface area contributed by atoms with Gasteiger partial charge < -0.3 is 15.7 Å². The smallest absolute Gasteiger partial charge is 0.404 e. The first-order valence-electron chi connectivity index (χ1n) is 7.49. The number of hydrogen-bond donors (Lipinski definition) is 3. The van der Waals surface area contributed by atoms with E-state index in [1.165, 1.54) is 12.0 Å². The van der Waals surface area contributed by atoms with Gasteiger partial charge in [0, 0.05) is 30.2 Å². The largest absolute Gasteiger partial charge is 0.465 e. The summed E-state index contributed by atoms with van der Waals surface area (Å²) in [6, 6.07) is 5.34. The Balaban J connectivity index is 1.43. The lowest BCUT2D eigenvalue weighted by atomic mass is 9.91. The highest BCUT2D eigenvalue weighted by Crippen LogP contribution is 2.41. The molecule has 114 valence electrons. The molecule has 2 aliphatic rings. The number of hydrogen-bond acceptors (Lipinski definition) is 3. The molecule has 1 aromatic rings. The lowest BCUT2D eigenvalue weighted by Gasteiger charge is -2.29. The summed E-state index contributed by atoms with van der Waals surface area (Å²) in [5.41, 5.74) is 1.30. The van der Waals surface area contributed by atoms with Gasteiger partial charge in [-0.15, -0.1) is 0 Å². The molecule has 3 rings (SSSR count). The molecule has 2 atom stereocenters. The van der Waals surface area contributed by atoms with Crippen molar-refractivity contribution >= 4 is 22.0 Å². The number of nitrogens with one attached hydrogen (secondary N) is 2. The topological polar surface area (TPSA) is 74.2 Å². The van der Waals surface area contributed by atoms with Gasteiger partial charge >= 0.3 is 6.09 Å². The second-order valence-corrected chi connectivity index (χ2v) is 6.84. The Morgan fingerprint density at radius 2 is 1.95 bits per heavy atom. The van der Waals surface area contributed by atoms with Crippen LogP contribution in [0.4, 0.5) is 4.79 Å². The van der Waals surface area contributed by atoms with Crippen LogP contribution in [-0.2, 0) is 0 Å². The summed E-state index contributed by atoms with van der Waals surface area (Å²) in [4.78, 5) is 14.9. The first kappa shape index (κ1) is 14.8. The van der Waals surface area contributed by atoms with Gasteiger partial charge in [-0.1, -0.05) is 6.07 Å². The number of nitrogens with zero attached hydrogens (tertiary/aromatic N) is 1. The number of halogens is 1. The van der Waals surface area contributed by atoms with Crippen molar-refractivity contribution in [2.45, 2.75) is 56.1 Å². The summed E-state index contributed by atoms with van der Waals surface area (Å²) >= 11 is 3.36. The van der Waals surface area contributed by atoms with E-state index in [0.717, 1.165) is 30.3 Å². The van der Waals surface area contributed by atoms with Crippen molar-refractivity contribution in [3.8, 4) is 0 Å². The maximum atomic E-state index is 10.6. The predicted octanol–water partition coefficient (Wildman–Crippen LogP) is 2.87. The first-order chi connectivity index (χ1) is 10.1. The molecule has 5 nitrogen and oxygen atoms in total. The van der Waals surface area contributed by atoms with Crippen molar-refractivity contribution in [2.24, 2.45) is 0 Å². The fourth-order valence-corrected chi connectivity index (χ4v) is 3.47. The maximum Gasteiger partial charge on any atom is 0.404 e. The Labute approximate surface area is 132 Å². The number of carbonyl (C=O) groups is 1. The molecule has 1 heterocycles. The fraction of sp³-hybridized carbons (Fsp3) is 0.600. The third-order valence-electron chi connectivity index (χ3n) is 4.47. The predicted molar refractivity (Wildman–Crippen MR) is 83.4 cm³/mol. The Bertz CT molecular complexity index is 500. The molecule has 0 spiro atoms. The van der Waals surface area contributed by atoms with E-state index in [4.69, 9.17) is 5.11 Å². The molecule has 0 bridgehead atoms. The summed E-state index contributed by atoms with van der Waals surface area (Å²) in [5, 5.41) is 15.0. The molecular formula is C15H20BrN3O2. The van der Waals surface area contributed by atoms with E-state index in [1.807, 2.05) is 12.3 Å². The Morgan fingerprint density at radius 3 is 2.57 bits per heavy atom. The molecule has 0 aromatic carbocycles. The number of amides is 1. The molecule has 1 amide bonds. The van der Waals surface area contributed by atoms with Crippen LogP contribution >= 0.6 is 15.9 Å². The second-order valence-electron chi connectivity index (χ2n) is 6.03. The lowest BCUT2D eigenvalue weighted by Crippen LogP contribution is -2.42. The van der Waals surface area contributed by atoms with Gasteiger partial charge in [-0.2, -0.15) is 0 Å². The van der Waals surface area contributed by atoms with Crippen LogP contribution in [0.15, 0.2) is 22.9 Å². The number of aromatic nitrogens is 1. The SMILES string of the molecule is O=C(O)NC1CCC(NC2CC2c2ccc(Br)nc2)CC1. The van der Waals surface area contributed by atoms with Crippen LogP contribution < -0.4 is 10.6 Å². The Kier molecular flexibility index (Phi) is 4.45. The van der Waals surface area contributed by atoms with Gasteiger partial charge in [0.1, 0.15) is 4.60 Å². The molecule has 2 aliphatic carbocycles. The van der Waals surface area contributed by atoms with Crippen molar-refractivity contribution in [2.75, 3.05) is 0 Å². The summed E-state index contributed by atoms with van der Waals surface area (Å²) in [5.74, 6) is 0.584. The third kappa shape index (κ3) is 3.95. The van der Waals surface area contributed by atoms with E-state index >= 15 is 0 Å². The fourth-order valence-electron chi connectivity index (χ4n) is 3.24. The Hall–Kier alpha value is -1.14. The molecular weight excluding hydrogens is 334 g/mol. The minimum absolute atomic E-state index is 0.131. The highest BCUT2D eigenvalue weighted by Gasteiger charge is 2.40. The van der Waals surface area contributed by atoms with Gasteiger partial charge in [0.2, 0.25) is 0 Å². The van der Waals surface area contributed by atoms with Crippen LogP contribution in [0.2, 0.25) is 0 Å². The van der Waals surface area contributed by atoms with E-state index in [0.29, 0.717) is 18.0 Å². The van der Waals surface area contributed by atoms with Crippen molar-refractivity contribution in [3.05, 3.63) is 28.5 Å². The van der Waals surface area contributed by atoms with Crippen LogP contribution in [0.25, 0.3) is 0 Å². The van der Waals surface area contributed by atoms with E-state index in [9.17, 15) is 4.79 Å². The zero-order valence-electron chi connectivity index (χ0n) is 11.8. The zero-order valence-corrected chi connectivity index (χ0v) is 13.3. The van der Waals surface area contributed by atoms with Crippen LogP contribution in [0.1, 0.15) is 43.6 Å². The molecule has 3 N–H and O–H groups in total. The van der Waals surface area contributed by atoms with Crippen LogP contribution in [0, 0.1) is 0 Å². The van der Waals surface area contributed by atoms with Crippen LogP contribution in [0.3, 0.4) is 0 Å². The molecule has 0 radical (unpaired) electrons. The summed E-state index contributed by atoms with van der Waals surface area (Å²) < 4.78 is 0.876. The quantitative estimate of drug-likeness (QED) is 0.727. The zero-order chi connectivity index (χ0) is 14.8. The molecule has 0 saturated heterocycles.